The van der Waals surface area contributed by atoms with E-state index in [1.54, 1.807) is 27.3 Å². The van der Waals surface area contributed by atoms with Crippen molar-refractivity contribution >= 4 is 10.2 Å². The summed E-state index contributed by atoms with van der Waals surface area (Å²) in [6, 6.07) is 25.9. The van der Waals surface area contributed by atoms with Gasteiger partial charge in [-0.3, -0.25) is 14.3 Å². The second kappa shape index (κ2) is 17.7. The van der Waals surface area contributed by atoms with Crippen LogP contribution in [-0.2, 0) is 25.2 Å². The Balaban J connectivity index is 1.74. The minimum atomic E-state index is -1.19. The number of methoxy groups -OCH3 is 2. The van der Waals surface area contributed by atoms with E-state index in [1.165, 1.54) is 4.57 Å². The molecule has 1 saturated heterocycles. The lowest BCUT2D eigenvalue weighted by Crippen LogP contribution is -2.51. The van der Waals surface area contributed by atoms with Gasteiger partial charge in [-0.2, -0.15) is 0 Å². The number of aliphatic hydroxyl groups is 1. The van der Waals surface area contributed by atoms with Gasteiger partial charge in [0.05, 0.1) is 42.8 Å². The normalized spacial score (nSPS) is 20.4. The van der Waals surface area contributed by atoms with Crippen LogP contribution in [0.15, 0.2) is 107 Å². The molecule has 2 heterocycles. The molecule has 0 unspecified atom stereocenters. The van der Waals surface area contributed by atoms with Gasteiger partial charge in [-0.1, -0.05) is 87.0 Å². The van der Waals surface area contributed by atoms with Crippen LogP contribution in [-0.4, -0.2) is 69.6 Å². The maximum absolute atomic E-state index is 13.6. The van der Waals surface area contributed by atoms with Crippen molar-refractivity contribution in [1.29, 1.82) is 0 Å². The van der Waals surface area contributed by atoms with Crippen molar-refractivity contribution in [2.75, 3.05) is 27.4 Å². The van der Waals surface area contributed by atoms with Gasteiger partial charge in [-0.25, -0.2) is 4.79 Å². The number of H-pyrrole nitrogens is 1. The highest BCUT2D eigenvalue weighted by molar-refractivity contribution is 6.12. The van der Waals surface area contributed by atoms with Crippen LogP contribution in [0, 0.1) is 12.8 Å². The van der Waals surface area contributed by atoms with Crippen LogP contribution >= 0.6 is 0 Å². The molecule has 0 saturated carbocycles. The highest BCUT2D eigenvalue weighted by Crippen LogP contribution is 2.48. The summed E-state index contributed by atoms with van der Waals surface area (Å²) in [5, 5.41) is 8.31. The van der Waals surface area contributed by atoms with E-state index in [0.29, 0.717) is 33.7 Å². The molecule has 5 rings (SSSR count). The first-order valence-electron chi connectivity index (χ1n) is 19.2. The van der Waals surface area contributed by atoms with Crippen LogP contribution in [0.4, 0.5) is 0 Å². The molecule has 0 aliphatic carbocycles. The molecule has 1 fully saturated rings. The zero-order valence-corrected chi connectivity index (χ0v) is 35.6. The third-order valence-electron chi connectivity index (χ3n) is 11.1. The number of aliphatic hydroxyl groups excluding tert-OH is 1. The first-order valence-corrected chi connectivity index (χ1v) is 20.2. The number of aromatic amines is 1. The summed E-state index contributed by atoms with van der Waals surface area (Å²) in [4.78, 5) is 28.6. The average Bonchev–Trinajstić information content (AvgIpc) is 3.46. The van der Waals surface area contributed by atoms with Crippen LogP contribution in [0.3, 0.4) is 0 Å². The third-order valence-corrected chi connectivity index (χ3v) is 12.2. The Morgan fingerprint density at radius 1 is 0.927 bits per heavy atom. The topological polar surface area (TPSA) is 121 Å². The molecule has 0 amide bonds. The van der Waals surface area contributed by atoms with Crippen molar-refractivity contribution in [1.82, 2.24) is 9.55 Å². The molecule has 11 heteroatoms. The lowest BCUT2D eigenvalue weighted by Gasteiger charge is -2.42. The van der Waals surface area contributed by atoms with Crippen LogP contribution in [0.25, 0.3) is 0 Å². The van der Waals surface area contributed by atoms with Gasteiger partial charge in [0.25, 0.3) is 5.56 Å². The minimum absolute atomic E-state index is 0.0347. The second-order valence-corrected chi connectivity index (χ2v) is 17.1. The van der Waals surface area contributed by atoms with Crippen LogP contribution in [0.5, 0.6) is 11.5 Å². The number of hydrogen-bond acceptors (Lipinski definition) is 8. The summed E-state index contributed by atoms with van der Waals surface area (Å²) in [6.07, 6.45) is 8.80. The predicted octanol–water partition coefficient (Wildman–Crippen LogP) is 5.93. The number of aryl methyl sites for hydroxylation is 1. The zero-order chi connectivity index (χ0) is 39.9. The molecule has 0 radical (unpaired) electrons. The summed E-state index contributed by atoms with van der Waals surface area (Å²) < 4.78 is 34.7. The molecule has 296 valence electrons. The van der Waals surface area contributed by atoms with E-state index in [4.69, 9.17) is 23.7 Å². The number of benzene rings is 3. The van der Waals surface area contributed by atoms with E-state index in [2.05, 4.69) is 57.0 Å². The van der Waals surface area contributed by atoms with E-state index >= 15 is 0 Å². The van der Waals surface area contributed by atoms with Crippen molar-refractivity contribution in [3.63, 3.8) is 0 Å². The second-order valence-electron chi connectivity index (χ2n) is 15.5. The van der Waals surface area contributed by atoms with E-state index in [9.17, 15) is 14.7 Å². The van der Waals surface area contributed by atoms with E-state index in [0.717, 1.165) is 42.4 Å². The standard InChI is InChI=1S/C44H58N2O8Si/c1-31(2)41(4,5)53-38-28-43(55,46-29-32(3)39(48)45-40(46)49)54-42(38,26-14-9-8-10-15-27-47)30-52-44(33-16-12-11-13-17-33,34-18-22-36(50-6)23-19-34)35-20-24-37(51-7)25-21-35/h11-14,16-26,29,31,38,47H,8-10,15,27-28,30H2,1-7,55H3,(H,45,48,49)/t38-,42+,43-/m0/s1. The Hall–Kier alpha value is -4.26. The summed E-state index contributed by atoms with van der Waals surface area (Å²) in [7, 11) is 3.68. The third kappa shape index (κ3) is 9.08. The van der Waals surface area contributed by atoms with Gasteiger partial charge in [-0.05, 0) is 86.9 Å². The van der Waals surface area contributed by atoms with E-state index in [1.807, 2.05) is 66.7 Å². The van der Waals surface area contributed by atoms with Crippen LogP contribution in [0.2, 0.25) is 0 Å². The lowest BCUT2D eigenvalue weighted by molar-refractivity contribution is -0.183. The summed E-state index contributed by atoms with van der Waals surface area (Å²) in [6.45, 7) is 10.3. The molecular formula is C44H58N2O8Si. The van der Waals surface area contributed by atoms with E-state index < -0.39 is 39.5 Å². The fourth-order valence-corrected chi connectivity index (χ4v) is 8.27. The summed E-state index contributed by atoms with van der Waals surface area (Å²) in [5.74, 6) is 1.58. The Morgan fingerprint density at radius 2 is 1.51 bits per heavy atom. The molecule has 55 heavy (non-hydrogen) atoms. The molecule has 4 aromatic rings. The molecule has 1 aliphatic heterocycles. The average molecular weight is 771 g/mol. The van der Waals surface area contributed by atoms with Gasteiger partial charge < -0.3 is 28.8 Å². The highest BCUT2D eigenvalue weighted by Gasteiger charge is 2.57. The zero-order valence-electron chi connectivity index (χ0n) is 33.6. The monoisotopic (exact) mass is 770 g/mol. The molecule has 3 atom stereocenters. The molecule has 0 spiro atoms. The molecule has 3 aromatic carbocycles. The maximum Gasteiger partial charge on any atom is 0.330 e. The Labute approximate surface area is 327 Å². The number of nitrogens with one attached hydrogen (secondary N) is 1. The van der Waals surface area contributed by atoms with Crippen molar-refractivity contribution in [2.45, 2.75) is 95.0 Å². The first-order chi connectivity index (χ1) is 26.2. The van der Waals surface area contributed by atoms with Gasteiger partial charge in [0.2, 0.25) is 0 Å². The number of hydrogen-bond donors (Lipinski definition) is 2. The molecule has 1 aliphatic rings. The van der Waals surface area contributed by atoms with Crippen molar-refractivity contribution in [2.24, 2.45) is 5.92 Å². The van der Waals surface area contributed by atoms with Gasteiger partial charge in [-0.15, -0.1) is 0 Å². The number of rotatable bonds is 18. The maximum atomic E-state index is 13.6. The van der Waals surface area contributed by atoms with E-state index in [-0.39, 0.29) is 19.1 Å². The lowest BCUT2D eigenvalue weighted by atomic mass is 9.79. The fraction of sp³-hybridized carbons (Fsp3) is 0.455. The number of aromatic nitrogens is 2. The van der Waals surface area contributed by atoms with Gasteiger partial charge in [0.15, 0.2) is 0 Å². The number of nitrogens with zero attached hydrogens (tertiary/aromatic N) is 1. The molecule has 0 bridgehead atoms. The largest absolute Gasteiger partial charge is 0.497 e. The van der Waals surface area contributed by atoms with Crippen molar-refractivity contribution in [3.05, 3.63) is 140 Å². The summed E-state index contributed by atoms with van der Waals surface area (Å²) >= 11 is 0. The smallest absolute Gasteiger partial charge is 0.330 e. The number of allylic oxidation sites excluding steroid dienone is 1. The quantitative estimate of drug-likeness (QED) is 0.0553. The first kappa shape index (κ1) is 41.9. The molecule has 10 nitrogen and oxygen atoms in total. The Morgan fingerprint density at radius 3 is 2.05 bits per heavy atom. The minimum Gasteiger partial charge on any atom is -0.497 e. The van der Waals surface area contributed by atoms with Crippen molar-refractivity contribution < 1.29 is 28.8 Å². The fourth-order valence-electron chi connectivity index (χ4n) is 7.18. The van der Waals surface area contributed by atoms with Gasteiger partial charge in [0.1, 0.15) is 28.0 Å². The van der Waals surface area contributed by atoms with Gasteiger partial charge in [0, 0.05) is 24.8 Å². The summed E-state index contributed by atoms with van der Waals surface area (Å²) in [5.41, 5.74) is -0.821. The molecule has 1 aromatic heterocycles. The van der Waals surface area contributed by atoms with Crippen LogP contribution < -0.4 is 20.7 Å². The predicted molar refractivity (Wildman–Crippen MR) is 219 cm³/mol. The number of ether oxygens (including phenoxy) is 5. The SMILES string of the molecule is COc1ccc(C(OC[C@@]2(C=CCCCCCO)O[C@@]([SiH3])(n3cc(C)c(=O)[nH]c3=O)C[C@@H]2OC(C)(C)C(C)C)(c2ccccc2)c2ccc(OC)cc2)cc1. The van der Waals surface area contributed by atoms with Gasteiger partial charge >= 0.3 is 5.69 Å². The van der Waals surface area contributed by atoms with Crippen LogP contribution in [0.1, 0.15) is 82.1 Å². The Bertz CT molecular complexity index is 1940. The number of unbranched alkanes of at least 4 members (excludes halogenated alkanes) is 3. The highest BCUT2D eigenvalue weighted by atomic mass is 28.1. The molecule has 2 N–H and O–H groups in total. The van der Waals surface area contributed by atoms with Crippen molar-refractivity contribution in [3.8, 4) is 11.5 Å². The molecular weight excluding hydrogens is 713 g/mol. The Kier molecular flexibility index (Phi) is 13.5.